The first kappa shape index (κ1) is 20.7. The van der Waals surface area contributed by atoms with Crippen LogP contribution in [0.25, 0.3) is 11.4 Å². The Hall–Kier alpha value is -1.99. The molecule has 0 aliphatic carbocycles. The summed E-state index contributed by atoms with van der Waals surface area (Å²) in [5.41, 5.74) is 3.44. The van der Waals surface area contributed by atoms with E-state index in [1.807, 2.05) is 18.5 Å². The highest BCUT2D eigenvalue weighted by atomic mass is 35.5. The van der Waals surface area contributed by atoms with Gasteiger partial charge in [0.05, 0.1) is 17.9 Å². The molecule has 1 aromatic carbocycles. The van der Waals surface area contributed by atoms with Crippen LogP contribution >= 0.6 is 12.4 Å². The molecule has 4 heterocycles. The van der Waals surface area contributed by atoms with Crippen LogP contribution in [0.15, 0.2) is 48.8 Å². The lowest BCUT2D eigenvalue weighted by Crippen LogP contribution is -2.44. The average Bonchev–Trinajstić information content (AvgIpc) is 3.37. The van der Waals surface area contributed by atoms with Crippen molar-refractivity contribution in [2.24, 2.45) is 0 Å². The summed E-state index contributed by atoms with van der Waals surface area (Å²) < 4.78 is 0. The number of aromatic amines is 1. The van der Waals surface area contributed by atoms with E-state index in [0.29, 0.717) is 18.1 Å². The molecule has 3 atom stereocenters. The van der Waals surface area contributed by atoms with Gasteiger partial charge in [-0.15, -0.1) is 12.4 Å². The van der Waals surface area contributed by atoms with Crippen LogP contribution < -0.4 is 5.32 Å². The Balaban J connectivity index is 0.00000112. The number of fused-ring (bicyclic) bond motifs is 1. The molecule has 0 bridgehead atoms. The molecule has 0 saturated carbocycles. The maximum Gasteiger partial charge on any atom is 0.123 e. The normalized spacial score (nSPS) is 25.2. The van der Waals surface area contributed by atoms with E-state index in [-0.39, 0.29) is 17.9 Å². The molecule has 3 unspecified atom stereocenters. The summed E-state index contributed by atoms with van der Waals surface area (Å²) in [6.07, 6.45) is 8.56. The maximum atomic E-state index is 4.71. The van der Waals surface area contributed by atoms with Crippen molar-refractivity contribution in [1.29, 1.82) is 0 Å². The smallest absolute Gasteiger partial charge is 0.123 e. The van der Waals surface area contributed by atoms with Gasteiger partial charge in [-0.05, 0) is 50.4 Å². The first-order valence-corrected chi connectivity index (χ1v) is 9.72. The highest BCUT2D eigenvalue weighted by molar-refractivity contribution is 5.85. The maximum absolute atomic E-state index is 4.71. The third-order valence-electron chi connectivity index (χ3n) is 5.98. The molecule has 150 valence electrons. The SMILES string of the molecule is Cl.O.c1ccc(C2CC(N3CCCC3c3ncc4nccc-4[nH]3)CCN2)cc1. The summed E-state index contributed by atoms with van der Waals surface area (Å²) in [5.74, 6) is 1.10. The molecule has 0 radical (unpaired) electrons. The third-order valence-corrected chi connectivity index (χ3v) is 5.98. The predicted octanol–water partition coefficient (Wildman–Crippen LogP) is 3.14. The molecule has 4 N–H and O–H groups in total. The molecular formula is C21H28ClN5O. The number of benzene rings is 1. The van der Waals surface area contributed by atoms with Gasteiger partial charge in [0.1, 0.15) is 11.5 Å². The van der Waals surface area contributed by atoms with Gasteiger partial charge in [-0.25, -0.2) is 4.98 Å². The minimum atomic E-state index is 0. The molecule has 0 amide bonds. The number of aromatic nitrogens is 3. The highest BCUT2D eigenvalue weighted by Gasteiger charge is 2.36. The summed E-state index contributed by atoms with van der Waals surface area (Å²) in [6, 6.07) is 14.4. The zero-order chi connectivity index (χ0) is 17.3. The van der Waals surface area contributed by atoms with Crippen molar-refractivity contribution in [2.45, 2.75) is 43.8 Å². The van der Waals surface area contributed by atoms with Crippen molar-refractivity contribution in [2.75, 3.05) is 13.1 Å². The topological polar surface area (TPSA) is 88.3 Å². The molecular weight excluding hydrogens is 374 g/mol. The molecule has 5 rings (SSSR count). The van der Waals surface area contributed by atoms with Crippen molar-refractivity contribution in [3.05, 3.63) is 60.2 Å². The Morgan fingerprint density at radius 3 is 2.75 bits per heavy atom. The molecule has 6 nitrogen and oxygen atoms in total. The Kier molecular flexibility index (Phi) is 6.67. The van der Waals surface area contributed by atoms with Crippen LogP contribution in [0.2, 0.25) is 0 Å². The van der Waals surface area contributed by atoms with Crippen LogP contribution in [0.4, 0.5) is 0 Å². The van der Waals surface area contributed by atoms with Crippen molar-refractivity contribution < 1.29 is 5.48 Å². The van der Waals surface area contributed by atoms with Crippen LogP contribution in [-0.2, 0) is 0 Å². The summed E-state index contributed by atoms with van der Waals surface area (Å²) in [6.45, 7) is 2.25. The van der Waals surface area contributed by atoms with Gasteiger partial charge in [0, 0.05) is 18.3 Å². The molecule has 0 spiro atoms. The Morgan fingerprint density at radius 2 is 1.89 bits per heavy atom. The third kappa shape index (κ3) is 3.91. The van der Waals surface area contributed by atoms with Gasteiger partial charge in [0.15, 0.2) is 0 Å². The zero-order valence-corrected chi connectivity index (χ0v) is 16.7. The molecule has 2 saturated heterocycles. The van der Waals surface area contributed by atoms with Gasteiger partial charge in [0.2, 0.25) is 0 Å². The molecule has 7 heteroatoms. The lowest BCUT2D eigenvalue weighted by Gasteiger charge is -2.39. The fourth-order valence-electron chi connectivity index (χ4n) is 4.68. The monoisotopic (exact) mass is 401 g/mol. The van der Waals surface area contributed by atoms with E-state index in [1.165, 1.54) is 37.8 Å². The Morgan fingerprint density at radius 1 is 1.04 bits per heavy atom. The summed E-state index contributed by atoms with van der Waals surface area (Å²) in [7, 11) is 0. The number of likely N-dealkylation sites (tertiary alicyclic amines) is 1. The van der Waals surface area contributed by atoms with Gasteiger partial charge in [-0.3, -0.25) is 9.88 Å². The second kappa shape index (κ2) is 9.01. The van der Waals surface area contributed by atoms with Crippen molar-refractivity contribution in [3.8, 4) is 11.4 Å². The van der Waals surface area contributed by atoms with Gasteiger partial charge in [0.25, 0.3) is 0 Å². The van der Waals surface area contributed by atoms with Gasteiger partial charge in [-0.2, -0.15) is 0 Å². The molecule has 28 heavy (non-hydrogen) atoms. The van der Waals surface area contributed by atoms with E-state index in [2.05, 4.69) is 50.5 Å². The van der Waals surface area contributed by atoms with Crippen LogP contribution in [0.5, 0.6) is 0 Å². The van der Waals surface area contributed by atoms with E-state index in [1.54, 1.807) is 0 Å². The fraction of sp³-hybridized carbons (Fsp3) is 0.429. The number of halogens is 1. The van der Waals surface area contributed by atoms with Crippen LogP contribution in [0.1, 0.15) is 49.2 Å². The minimum absolute atomic E-state index is 0. The van der Waals surface area contributed by atoms with Crippen LogP contribution in [0.3, 0.4) is 0 Å². The number of H-pyrrole nitrogens is 1. The fourth-order valence-corrected chi connectivity index (χ4v) is 4.68. The second-order valence-electron chi connectivity index (χ2n) is 7.50. The first-order valence-electron chi connectivity index (χ1n) is 9.72. The molecule has 4 aliphatic rings. The highest BCUT2D eigenvalue weighted by Crippen LogP contribution is 2.37. The minimum Gasteiger partial charge on any atom is -0.412 e. The summed E-state index contributed by atoms with van der Waals surface area (Å²) >= 11 is 0. The molecule has 4 aliphatic heterocycles. The van der Waals surface area contributed by atoms with Gasteiger partial charge >= 0.3 is 0 Å². The van der Waals surface area contributed by atoms with Crippen molar-refractivity contribution in [1.82, 2.24) is 25.2 Å². The first-order chi connectivity index (χ1) is 12.9. The van der Waals surface area contributed by atoms with E-state index in [4.69, 9.17) is 4.98 Å². The lowest BCUT2D eigenvalue weighted by atomic mass is 9.92. The largest absolute Gasteiger partial charge is 0.412 e. The molecule has 2 fully saturated rings. The van der Waals surface area contributed by atoms with E-state index in [0.717, 1.165) is 23.8 Å². The number of hydrogen-bond acceptors (Lipinski definition) is 4. The molecule has 1 aromatic rings. The van der Waals surface area contributed by atoms with Gasteiger partial charge in [-0.1, -0.05) is 30.3 Å². The zero-order valence-electron chi connectivity index (χ0n) is 15.8. The number of rotatable bonds is 3. The van der Waals surface area contributed by atoms with Crippen LogP contribution in [0, 0.1) is 0 Å². The Labute approximate surface area is 171 Å². The van der Waals surface area contributed by atoms with E-state index < -0.39 is 0 Å². The summed E-state index contributed by atoms with van der Waals surface area (Å²) in [4.78, 5) is 15.3. The van der Waals surface area contributed by atoms with Crippen molar-refractivity contribution >= 4 is 12.4 Å². The number of nitrogens with zero attached hydrogens (tertiary/aromatic N) is 3. The van der Waals surface area contributed by atoms with Crippen molar-refractivity contribution in [3.63, 3.8) is 0 Å². The standard InChI is InChI=1S/C21H25N5.ClH.H2O/c1-2-5-15(6-3-1)18-13-16(8-10-22-18)26-12-4-7-20(26)21-24-14-19-17(25-21)9-11-23-19;;/h1-3,5-6,9,11,14,16,18,20,22H,4,7-8,10,12-13H2,(H,24,25);1H;1H2. The number of nitrogens with one attached hydrogen (secondary N) is 2. The second-order valence-corrected chi connectivity index (χ2v) is 7.50. The average molecular weight is 402 g/mol. The van der Waals surface area contributed by atoms with E-state index in [9.17, 15) is 0 Å². The predicted molar refractivity (Wildman–Crippen MR) is 113 cm³/mol. The quantitative estimate of drug-likeness (QED) is 0.705. The van der Waals surface area contributed by atoms with Crippen LogP contribution in [-0.4, -0.2) is 44.5 Å². The Bertz CT molecular complexity index is 842. The molecule has 0 aromatic heterocycles. The number of hydrogen-bond donors (Lipinski definition) is 2. The lowest BCUT2D eigenvalue weighted by molar-refractivity contribution is 0.126. The number of piperidine rings is 1. The summed E-state index contributed by atoms with van der Waals surface area (Å²) in [5, 5.41) is 3.71. The van der Waals surface area contributed by atoms with Gasteiger partial charge < -0.3 is 15.8 Å². The van der Waals surface area contributed by atoms with E-state index >= 15 is 0 Å².